The van der Waals surface area contributed by atoms with Crippen molar-refractivity contribution < 1.29 is 14.3 Å². The number of pyridine rings is 1. The fourth-order valence-corrected chi connectivity index (χ4v) is 3.80. The number of carbonyl (C=O) groups excluding carboxylic acids is 1. The smallest absolute Gasteiger partial charge is 0.346 e. The number of carbonyl (C=O) groups is 1. The van der Waals surface area contributed by atoms with Crippen molar-refractivity contribution in [3.63, 3.8) is 0 Å². The molecule has 0 radical (unpaired) electrons. The minimum Gasteiger partial charge on any atom is -0.497 e. The van der Waals surface area contributed by atoms with Crippen molar-refractivity contribution in [3.05, 3.63) is 58.6 Å². The number of rotatable bonds is 8. The number of hydrazine groups is 1. The van der Waals surface area contributed by atoms with Crippen molar-refractivity contribution in [2.24, 2.45) is 7.05 Å². The van der Waals surface area contributed by atoms with Crippen LogP contribution in [-0.2, 0) is 18.4 Å². The van der Waals surface area contributed by atoms with E-state index in [4.69, 9.17) is 9.47 Å². The SMILES string of the molecule is COc1ccc(OC)c(C2CC(C(=O)NCCn3nc(-c4ccccn4)n(C)c3=O)NN2)c1. The van der Waals surface area contributed by atoms with Gasteiger partial charge in [0.1, 0.15) is 23.2 Å². The van der Waals surface area contributed by atoms with E-state index in [2.05, 4.69) is 26.3 Å². The van der Waals surface area contributed by atoms with Crippen molar-refractivity contribution in [3.8, 4) is 23.0 Å². The first kappa shape index (κ1) is 22.5. The summed E-state index contributed by atoms with van der Waals surface area (Å²) in [6, 6.07) is 10.4. The summed E-state index contributed by atoms with van der Waals surface area (Å²) >= 11 is 0. The monoisotopic (exact) mass is 453 g/mol. The predicted octanol–water partition coefficient (Wildman–Crippen LogP) is 0.385. The maximum atomic E-state index is 12.7. The quantitative estimate of drug-likeness (QED) is 0.447. The standard InChI is InChI=1S/C22H27N7O4/c1-28-20(16-6-4-5-9-23-16)27-29(22(28)31)11-10-24-21(30)18-13-17(25-26-18)15-12-14(32-2)7-8-19(15)33-3/h4-9,12,17-18,25-26H,10-11,13H2,1-3H3,(H,24,30). The van der Waals surface area contributed by atoms with Crippen LogP contribution in [0.1, 0.15) is 18.0 Å². The molecule has 11 nitrogen and oxygen atoms in total. The lowest BCUT2D eigenvalue weighted by molar-refractivity contribution is -0.122. The highest BCUT2D eigenvalue weighted by Gasteiger charge is 2.31. The topological polar surface area (TPSA) is 124 Å². The number of methoxy groups -OCH3 is 2. The van der Waals surface area contributed by atoms with Crippen LogP contribution in [0.5, 0.6) is 11.5 Å². The Morgan fingerprint density at radius 3 is 2.79 bits per heavy atom. The molecule has 174 valence electrons. The zero-order valence-electron chi connectivity index (χ0n) is 18.7. The first-order chi connectivity index (χ1) is 16.0. The van der Waals surface area contributed by atoms with E-state index in [1.807, 2.05) is 24.3 Å². The molecule has 0 saturated carbocycles. The van der Waals surface area contributed by atoms with Gasteiger partial charge in [0.15, 0.2) is 5.82 Å². The van der Waals surface area contributed by atoms with E-state index in [-0.39, 0.29) is 30.7 Å². The molecule has 1 saturated heterocycles. The Morgan fingerprint density at radius 1 is 1.21 bits per heavy atom. The Morgan fingerprint density at radius 2 is 2.06 bits per heavy atom. The summed E-state index contributed by atoms with van der Waals surface area (Å²) in [5.74, 6) is 1.74. The molecule has 1 aromatic carbocycles. The van der Waals surface area contributed by atoms with Gasteiger partial charge in [-0.15, -0.1) is 5.10 Å². The highest BCUT2D eigenvalue weighted by atomic mass is 16.5. The summed E-state index contributed by atoms with van der Waals surface area (Å²) in [7, 11) is 4.86. The Hall–Kier alpha value is -3.70. The van der Waals surface area contributed by atoms with Crippen LogP contribution < -0.4 is 31.3 Å². The Balaban J connectivity index is 1.35. The van der Waals surface area contributed by atoms with Gasteiger partial charge in [-0.1, -0.05) is 6.07 Å². The number of hydrogen-bond acceptors (Lipinski definition) is 8. The summed E-state index contributed by atoms with van der Waals surface area (Å²) < 4.78 is 13.5. The van der Waals surface area contributed by atoms with Gasteiger partial charge in [-0.05, 0) is 36.8 Å². The van der Waals surface area contributed by atoms with Gasteiger partial charge >= 0.3 is 5.69 Å². The van der Waals surface area contributed by atoms with E-state index in [0.717, 1.165) is 11.3 Å². The van der Waals surface area contributed by atoms with Crippen LogP contribution >= 0.6 is 0 Å². The third-order valence-corrected chi connectivity index (χ3v) is 5.59. The summed E-state index contributed by atoms with van der Waals surface area (Å²) in [6.07, 6.45) is 2.18. The molecule has 3 heterocycles. The van der Waals surface area contributed by atoms with Crippen LogP contribution in [0.25, 0.3) is 11.5 Å². The molecule has 3 aromatic rings. The first-order valence-corrected chi connectivity index (χ1v) is 10.6. The third kappa shape index (κ3) is 4.73. The highest BCUT2D eigenvalue weighted by molar-refractivity contribution is 5.82. The zero-order chi connectivity index (χ0) is 23.4. The molecule has 1 aliphatic rings. The van der Waals surface area contributed by atoms with Crippen molar-refractivity contribution in [1.29, 1.82) is 0 Å². The lowest BCUT2D eigenvalue weighted by Crippen LogP contribution is -2.44. The molecule has 3 N–H and O–H groups in total. The van der Waals surface area contributed by atoms with Gasteiger partial charge in [0, 0.05) is 25.4 Å². The van der Waals surface area contributed by atoms with E-state index >= 15 is 0 Å². The number of benzene rings is 1. The molecular weight excluding hydrogens is 426 g/mol. The second-order valence-electron chi connectivity index (χ2n) is 7.63. The summed E-state index contributed by atoms with van der Waals surface area (Å²) in [5.41, 5.74) is 7.43. The van der Waals surface area contributed by atoms with E-state index in [9.17, 15) is 9.59 Å². The molecule has 0 aliphatic carbocycles. The third-order valence-electron chi connectivity index (χ3n) is 5.59. The van der Waals surface area contributed by atoms with Gasteiger partial charge in [0.2, 0.25) is 5.91 Å². The minimum absolute atomic E-state index is 0.120. The normalized spacial score (nSPS) is 17.7. The van der Waals surface area contributed by atoms with Crippen molar-refractivity contribution >= 4 is 5.91 Å². The maximum absolute atomic E-state index is 12.7. The number of nitrogens with zero attached hydrogens (tertiary/aromatic N) is 4. The van der Waals surface area contributed by atoms with Gasteiger partial charge < -0.3 is 14.8 Å². The van der Waals surface area contributed by atoms with E-state index in [0.29, 0.717) is 23.7 Å². The molecule has 11 heteroatoms. The Bertz CT molecular complexity index is 1180. The molecule has 0 bridgehead atoms. The molecule has 1 aliphatic heterocycles. The average molecular weight is 454 g/mol. The number of ether oxygens (including phenoxy) is 2. The van der Waals surface area contributed by atoms with Crippen molar-refractivity contribution in [2.45, 2.75) is 25.0 Å². The second kappa shape index (κ2) is 9.84. The molecule has 1 amide bonds. The molecular formula is C22H27N7O4. The molecule has 2 atom stereocenters. The van der Waals surface area contributed by atoms with Crippen LogP contribution in [-0.4, -0.2) is 52.0 Å². The van der Waals surface area contributed by atoms with Gasteiger partial charge in [-0.2, -0.15) is 0 Å². The molecule has 1 fully saturated rings. The van der Waals surface area contributed by atoms with Crippen LogP contribution in [0.15, 0.2) is 47.4 Å². The van der Waals surface area contributed by atoms with Gasteiger partial charge in [0.25, 0.3) is 0 Å². The number of amides is 1. The zero-order valence-corrected chi connectivity index (χ0v) is 18.7. The van der Waals surface area contributed by atoms with Crippen LogP contribution in [0.3, 0.4) is 0 Å². The van der Waals surface area contributed by atoms with Crippen LogP contribution in [0, 0.1) is 0 Å². The van der Waals surface area contributed by atoms with E-state index < -0.39 is 6.04 Å². The predicted molar refractivity (Wildman–Crippen MR) is 121 cm³/mol. The second-order valence-corrected chi connectivity index (χ2v) is 7.63. The molecule has 33 heavy (non-hydrogen) atoms. The van der Waals surface area contributed by atoms with Crippen molar-refractivity contribution in [2.75, 3.05) is 20.8 Å². The first-order valence-electron chi connectivity index (χ1n) is 10.6. The number of nitrogens with one attached hydrogen (secondary N) is 3. The molecule has 2 unspecified atom stereocenters. The Kier molecular flexibility index (Phi) is 6.71. The maximum Gasteiger partial charge on any atom is 0.346 e. The largest absolute Gasteiger partial charge is 0.497 e. The minimum atomic E-state index is -0.435. The van der Waals surface area contributed by atoms with Gasteiger partial charge in [-0.25, -0.2) is 20.3 Å². The summed E-state index contributed by atoms with van der Waals surface area (Å²) in [5, 5.41) is 7.23. The molecule has 2 aromatic heterocycles. The average Bonchev–Trinajstić information content (AvgIpc) is 3.45. The molecule has 4 rings (SSSR count). The molecule has 0 spiro atoms. The van der Waals surface area contributed by atoms with Crippen LogP contribution in [0.2, 0.25) is 0 Å². The van der Waals surface area contributed by atoms with Crippen LogP contribution in [0.4, 0.5) is 0 Å². The fourth-order valence-electron chi connectivity index (χ4n) is 3.80. The fraction of sp³-hybridized carbons (Fsp3) is 0.364. The highest BCUT2D eigenvalue weighted by Crippen LogP contribution is 2.33. The lowest BCUT2D eigenvalue weighted by Gasteiger charge is -2.15. The van der Waals surface area contributed by atoms with Gasteiger partial charge in [0.05, 0.1) is 26.8 Å². The lowest BCUT2D eigenvalue weighted by atomic mass is 10.0. The van der Waals surface area contributed by atoms with E-state index in [1.54, 1.807) is 39.6 Å². The summed E-state index contributed by atoms with van der Waals surface area (Å²) in [6.45, 7) is 0.515. The number of hydrogen-bond donors (Lipinski definition) is 3. The van der Waals surface area contributed by atoms with Crippen molar-refractivity contribution in [1.82, 2.24) is 35.5 Å². The Labute approximate surface area is 190 Å². The van der Waals surface area contributed by atoms with Gasteiger partial charge in [-0.3, -0.25) is 14.3 Å². The van der Waals surface area contributed by atoms with E-state index in [1.165, 1.54) is 9.25 Å². The summed E-state index contributed by atoms with van der Waals surface area (Å²) in [4.78, 5) is 29.4. The number of aromatic nitrogens is 4.